The van der Waals surface area contributed by atoms with Crippen LogP contribution in [0, 0.1) is 6.92 Å². The highest BCUT2D eigenvalue weighted by Gasteiger charge is 1.68. The van der Waals surface area contributed by atoms with Gasteiger partial charge in [0.05, 0.1) is 0 Å². The lowest BCUT2D eigenvalue weighted by atomic mass is 10.5. The summed E-state index contributed by atoms with van der Waals surface area (Å²) in [4.78, 5) is 4.02. The third-order valence-corrected chi connectivity index (χ3v) is 0.611. The lowest BCUT2D eigenvalue weighted by molar-refractivity contribution is 0.934. The molecule has 0 aromatic carbocycles. The van der Waals surface area contributed by atoms with Crippen LogP contribution in [-0.4, -0.2) is 12.8 Å². The van der Waals surface area contributed by atoms with E-state index in [0.717, 1.165) is 19.4 Å². The van der Waals surface area contributed by atoms with Crippen molar-refractivity contribution in [2.24, 2.45) is 4.99 Å². The molecule has 0 aliphatic rings. The number of hydrogen-bond acceptors (Lipinski definition) is 1. The first-order chi connectivity index (χ1) is 3.41. The molecule has 0 amide bonds. The maximum absolute atomic E-state index is 4.02. The van der Waals surface area contributed by atoms with E-state index in [1.807, 2.05) is 6.21 Å². The molecule has 0 rings (SSSR count). The van der Waals surface area contributed by atoms with Crippen LogP contribution in [0.1, 0.15) is 19.8 Å². The molecular formula is C6H12N. The Bertz CT molecular complexity index is 48.1. The average Bonchev–Trinajstić information content (AvgIpc) is 1.69. The van der Waals surface area contributed by atoms with Crippen LogP contribution in [0.4, 0.5) is 0 Å². The van der Waals surface area contributed by atoms with Crippen molar-refractivity contribution in [3.05, 3.63) is 6.92 Å². The van der Waals surface area contributed by atoms with Crippen molar-refractivity contribution >= 4 is 6.21 Å². The van der Waals surface area contributed by atoms with Gasteiger partial charge in [-0.2, -0.15) is 0 Å². The topological polar surface area (TPSA) is 12.4 Å². The highest BCUT2D eigenvalue weighted by atomic mass is 14.7. The summed E-state index contributed by atoms with van der Waals surface area (Å²) in [5, 5.41) is 0. The van der Waals surface area contributed by atoms with E-state index in [1.54, 1.807) is 0 Å². The summed E-state index contributed by atoms with van der Waals surface area (Å²) in [6, 6.07) is 0. The lowest BCUT2D eigenvalue weighted by Crippen LogP contribution is -1.75. The SMILES string of the molecule is [CH2]CC=NCCC. The quantitative estimate of drug-likeness (QED) is 0.476. The van der Waals surface area contributed by atoms with Crippen LogP contribution in [-0.2, 0) is 0 Å². The molecule has 0 aliphatic heterocycles. The van der Waals surface area contributed by atoms with Gasteiger partial charge in [0.25, 0.3) is 0 Å². The fourth-order valence-corrected chi connectivity index (χ4v) is 0.312. The summed E-state index contributed by atoms with van der Waals surface area (Å²) in [5.41, 5.74) is 0. The predicted molar refractivity (Wildman–Crippen MR) is 33.6 cm³/mol. The largest absolute Gasteiger partial charge is 0.298 e. The van der Waals surface area contributed by atoms with Gasteiger partial charge in [-0.15, -0.1) is 0 Å². The second-order valence-electron chi connectivity index (χ2n) is 1.38. The van der Waals surface area contributed by atoms with Gasteiger partial charge >= 0.3 is 0 Å². The van der Waals surface area contributed by atoms with Crippen LogP contribution >= 0.6 is 0 Å². The average molecular weight is 98.2 g/mol. The molecule has 0 bridgehead atoms. The smallest absolute Gasteiger partial charge is 0.0382 e. The van der Waals surface area contributed by atoms with Crippen molar-refractivity contribution in [2.45, 2.75) is 19.8 Å². The van der Waals surface area contributed by atoms with Crippen molar-refractivity contribution in [3.8, 4) is 0 Å². The first kappa shape index (κ1) is 6.67. The zero-order chi connectivity index (χ0) is 5.54. The van der Waals surface area contributed by atoms with Crippen molar-refractivity contribution in [1.82, 2.24) is 0 Å². The molecule has 0 atom stereocenters. The zero-order valence-corrected chi connectivity index (χ0v) is 4.85. The molecule has 0 aromatic heterocycles. The molecule has 0 aliphatic carbocycles. The maximum Gasteiger partial charge on any atom is 0.0382 e. The van der Waals surface area contributed by atoms with E-state index in [2.05, 4.69) is 18.8 Å². The van der Waals surface area contributed by atoms with Crippen molar-refractivity contribution in [3.63, 3.8) is 0 Å². The van der Waals surface area contributed by atoms with Gasteiger partial charge in [0.1, 0.15) is 0 Å². The molecule has 1 nitrogen and oxygen atoms in total. The number of hydrogen-bond donors (Lipinski definition) is 0. The van der Waals surface area contributed by atoms with E-state index in [1.165, 1.54) is 0 Å². The summed E-state index contributed by atoms with van der Waals surface area (Å²) in [7, 11) is 0. The van der Waals surface area contributed by atoms with Crippen molar-refractivity contribution < 1.29 is 0 Å². The normalized spacial score (nSPS) is 10.6. The molecular weight excluding hydrogens is 86.1 g/mol. The molecule has 0 saturated heterocycles. The minimum atomic E-state index is 0.819. The molecule has 1 heteroatoms. The molecule has 1 radical (unpaired) electrons. The van der Waals surface area contributed by atoms with E-state index in [-0.39, 0.29) is 0 Å². The molecule has 0 N–H and O–H groups in total. The molecule has 0 unspecified atom stereocenters. The van der Waals surface area contributed by atoms with E-state index in [0.29, 0.717) is 0 Å². The molecule has 0 fully saturated rings. The molecule has 0 saturated carbocycles. The molecule has 0 aromatic rings. The fraction of sp³-hybridized carbons (Fsp3) is 0.667. The second-order valence-corrected chi connectivity index (χ2v) is 1.38. The van der Waals surface area contributed by atoms with Gasteiger partial charge in [0, 0.05) is 6.54 Å². The standard InChI is InChI=1S/C6H12N/c1-3-5-7-6-4-2/h5H,1,3-4,6H2,2H3. The first-order valence-electron chi connectivity index (χ1n) is 2.69. The minimum Gasteiger partial charge on any atom is -0.298 e. The van der Waals surface area contributed by atoms with Gasteiger partial charge in [0.2, 0.25) is 0 Å². The van der Waals surface area contributed by atoms with Crippen molar-refractivity contribution in [1.29, 1.82) is 0 Å². The highest BCUT2D eigenvalue weighted by molar-refractivity contribution is 5.57. The summed E-state index contributed by atoms with van der Waals surface area (Å²) in [5.74, 6) is 0. The minimum absolute atomic E-state index is 0.819. The summed E-state index contributed by atoms with van der Waals surface area (Å²) in [6.07, 6.45) is 3.81. The van der Waals surface area contributed by atoms with Gasteiger partial charge < -0.3 is 0 Å². The van der Waals surface area contributed by atoms with Crippen LogP contribution in [0.25, 0.3) is 0 Å². The zero-order valence-electron chi connectivity index (χ0n) is 4.85. The van der Waals surface area contributed by atoms with E-state index in [4.69, 9.17) is 0 Å². The lowest BCUT2D eigenvalue weighted by Gasteiger charge is -1.80. The molecule has 0 spiro atoms. The Hall–Kier alpha value is -0.330. The summed E-state index contributed by atoms with van der Waals surface area (Å²) in [6.45, 7) is 6.67. The summed E-state index contributed by atoms with van der Waals surface area (Å²) < 4.78 is 0. The van der Waals surface area contributed by atoms with E-state index in [9.17, 15) is 0 Å². The van der Waals surface area contributed by atoms with Gasteiger partial charge in [-0.25, -0.2) is 0 Å². The monoisotopic (exact) mass is 98.1 g/mol. The van der Waals surface area contributed by atoms with Crippen LogP contribution in [0.15, 0.2) is 4.99 Å². The van der Waals surface area contributed by atoms with Gasteiger partial charge in [0.15, 0.2) is 0 Å². The van der Waals surface area contributed by atoms with Crippen LogP contribution in [0.2, 0.25) is 0 Å². The Labute approximate surface area is 45.5 Å². The molecule has 7 heavy (non-hydrogen) atoms. The third kappa shape index (κ3) is 5.67. The number of rotatable bonds is 3. The van der Waals surface area contributed by atoms with Gasteiger partial charge in [-0.3, -0.25) is 4.99 Å². The van der Waals surface area contributed by atoms with Crippen molar-refractivity contribution in [2.75, 3.05) is 6.54 Å². The van der Waals surface area contributed by atoms with Crippen LogP contribution in [0.3, 0.4) is 0 Å². The van der Waals surface area contributed by atoms with Gasteiger partial charge in [-0.05, 0) is 26.0 Å². The van der Waals surface area contributed by atoms with Crippen LogP contribution < -0.4 is 0 Å². The van der Waals surface area contributed by atoms with Gasteiger partial charge in [-0.1, -0.05) is 6.92 Å². The van der Waals surface area contributed by atoms with Crippen LogP contribution in [0.5, 0.6) is 0 Å². The second kappa shape index (κ2) is 5.67. The highest BCUT2D eigenvalue weighted by Crippen LogP contribution is 1.75. The van der Waals surface area contributed by atoms with E-state index < -0.39 is 0 Å². The fourth-order valence-electron chi connectivity index (χ4n) is 0.312. The Morgan fingerprint density at radius 3 is 2.86 bits per heavy atom. The summed E-state index contributed by atoms with van der Waals surface area (Å²) >= 11 is 0. The predicted octanol–water partition coefficient (Wildman–Crippen LogP) is 1.69. The number of aliphatic imine (C=N–C) groups is 1. The maximum atomic E-state index is 4.02. The Kier molecular flexibility index (Phi) is 5.40. The Morgan fingerprint density at radius 2 is 2.43 bits per heavy atom. The molecule has 0 heterocycles. The van der Waals surface area contributed by atoms with E-state index >= 15 is 0 Å². The Morgan fingerprint density at radius 1 is 1.71 bits per heavy atom. The first-order valence-corrected chi connectivity index (χ1v) is 2.69. The number of nitrogens with zero attached hydrogens (tertiary/aromatic N) is 1. The third-order valence-electron chi connectivity index (χ3n) is 0.611. The molecule has 41 valence electrons. The Balaban J connectivity index is 2.78.